The molecule has 1 amide bonds. The third-order valence-electron chi connectivity index (χ3n) is 5.12. The molecule has 30 heavy (non-hydrogen) atoms. The summed E-state index contributed by atoms with van der Waals surface area (Å²) in [5.74, 6) is -0.390. The lowest BCUT2D eigenvalue weighted by molar-refractivity contribution is 0.102. The van der Waals surface area contributed by atoms with Crippen LogP contribution < -0.4 is 10.9 Å². The predicted molar refractivity (Wildman–Crippen MR) is 117 cm³/mol. The Kier molecular flexibility index (Phi) is 5.05. The number of carbonyl (C=O) groups excluding carboxylic acids is 1. The summed E-state index contributed by atoms with van der Waals surface area (Å²) < 4.78 is 4.90. The minimum atomic E-state index is -0.390. The highest BCUT2D eigenvalue weighted by atomic mass is 35.5. The van der Waals surface area contributed by atoms with Crippen molar-refractivity contribution in [2.75, 3.05) is 5.32 Å². The van der Waals surface area contributed by atoms with Crippen LogP contribution in [0.15, 0.2) is 65.6 Å². The second-order valence-corrected chi connectivity index (χ2v) is 7.36. The van der Waals surface area contributed by atoms with E-state index in [0.717, 1.165) is 11.4 Å². The van der Waals surface area contributed by atoms with Crippen LogP contribution in [0.25, 0.3) is 11.4 Å². The molecule has 2 aromatic heterocycles. The van der Waals surface area contributed by atoms with Crippen LogP contribution in [0.2, 0.25) is 5.02 Å². The molecule has 2 heterocycles. The SMILES string of the molecule is Cc1c(C(=O)Nc2c(C)n(C)n(-c3ccccc3)c2=O)cnn1-c1ccc(Cl)cc1. The van der Waals surface area contributed by atoms with Gasteiger partial charge in [-0.2, -0.15) is 5.10 Å². The zero-order valence-corrected chi connectivity index (χ0v) is 17.5. The number of halogens is 1. The fraction of sp³-hybridized carbons (Fsp3) is 0.136. The molecule has 0 bridgehead atoms. The van der Waals surface area contributed by atoms with Gasteiger partial charge < -0.3 is 5.32 Å². The first-order chi connectivity index (χ1) is 14.4. The largest absolute Gasteiger partial charge is 0.316 e. The van der Waals surface area contributed by atoms with Crippen molar-refractivity contribution in [2.45, 2.75) is 13.8 Å². The van der Waals surface area contributed by atoms with Crippen molar-refractivity contribution >= 4 is 23.2 Å². The number of para-hydroxylation sites is 1. The molecule has 0 aliphatic rings. The summed E-state index contributed by atoms with van der Waals surface area (Å²) in [5, 5.41) is 7.71. The van der Waals surface area contributed by atoms with Crippen LogP contribution in [0.5, 0.6) is 0 Å². The Bertz CT molecular complexity index is 1280. The Hall–Kier alpha value is -3.58. The topological polar surface area (TPSA) is 73.8 Å². The first-order valence-electron chi connectivity index (χ1n) is 9.34. The lowest BCUT2D eigenvalue weighted by Crippen LogP contribution is -2.23. The molecular formula is C22H20ClN5O2. The lowest BCUT2D eigenvalue weighted by Gasteiger charge is -2.07. The van der Waals surface area contributed by atoms with Gasteiger partial charge in [0.1, 0.15) is 5.69 Å². The molecule has 0 saturated heterocycles. The molecule has 7 nitrogen and oxygen atoms in total. The van der Waals surface area contributed by atoms with Gasteiger partial charge in [-0.25, -0.2) is 9.36 Å². The minimum Gasteiger partial charge on any atom is -0.316 e. The van der Waals surface area contributed by atoms with E-state index in [9.17, 15) is 9.59 Å². The second kappa shape index (κ2) is 7.68. The molecular weight excluding hydrogens is 402 g/mol. The highest BCUT2D eigenvalue weighted by Crippen LogP contribution is 2.19. The zero-order chi connectivity index (χ0) is 21.4. The Morgan fingerprint density at radius 3 is 2.30 bits per heavy atom. The summed E-state index contributed by atoms with van der Waals surface area (Å²) in [5.41, 5.74) is 3.16. The van der Waals surface area contributed by atoms with Crippen LogP contribution in [-0.2, 0) is 7.05 Å². The van der Waals surface area contributed by atoms with Crippen LogP contribution in [0.1, 0.15) is 21.7 Å². The third kappa shape index (κ3) is 3.33. The van der Waals surface area contributed by atoms with Crippen molar-refractivity contribution in [3.63, 3.8) is 0 Å². The molecule has 0 aliphatic heterocycles. The van der Waals surface area contributed by atoms with Crippen molar-refractivity contribution in [3.05, 3.63) is 93.1 Å². The molecule has 0 saturated carbocycles. The summed E-state index contributed by atoms with van der Waals surface area (Å²) in [6, 6.07) is 16.4. The van der Waals surface area contributed by atoms with Crippen LogP contribution in [-0.4, -0.2) is 25.1 Å². The highest BCUT2D eigenvalue weighted by molar-refractivity contribution is 6.30. The van der Waals surface area contributed by atoms with Gasteiger partial charge in [-0.05, 0) is 50.2 Å². The van der Waals surface area contributed by atoms with Gasteiger partial charge >= 0.3 is 0 Å². The maximum atomic E-state index is 13.0. The molecule has 0 atom stereocenters. The van der Waals surface area contributed by atoms with Gasteiger partial charge in [0.2, 0.25) is 0 Å². The van der Waals surface area contributed by atoms with Gasteiger partial charge in [-0.1, -0.05) is 29.8 Å². The van der Waals surface area contributed by atoms with Crippen molar-refractivity contribution in [2.24, 2.45) is 7.05 Å². The number of hydrogen-bond acceptors (Lipinski definition) is 3. The fourth-order valence-corrected chi connectivity index (χ4v) is 3.49. The van der Waals surface area contributed by atoms with E-state index in [4.69, 9.17) is 11.6 Å². The van der Waals surface area contributed by atoms with E-state index in [1.54, 1.807) is 42.4 Å². The van der Waals surface area contributed by atoms with E-state index < -0.39 is 5.91 Å². The minimum absolute atomic E-state index is 0.241. The maximum Gasteiger partial charge on any atom is 0.295 e. The van der Waals surface area contributed by atoms with Crippen LogP contribution in [0.3, 0.4) is 0 Å². The Morgan fingerprint density at radius 1 is 0.967 bits per heavy atom. The van der Waals surface area contributed by atoms with Gasteiger partial charge in [0, 0.05) is 12.1 Å². The van der Waals surface area contributed by atoms with Crippen molar-refractivity contribution in [1.29, 1.82) is 0 Å². The second-order valence-electron chi connectivity index (χ2n) is 6.92. The number of nitrogens with one attached hydrogen (secondary N) is 1. The first-order valence-corrected chi connectivity index (χ1v) is 9.72. The highest BCUT2D eigenvalue weighted by Gasteiger charge is 2.21. The predicted octanol–water partition coefficient (Wildman–Crippen LogP) is 3.88. The molecule has 2 aromatic carbocycles. The van der Waals surface area contributed by atoms with Crippen LogP contribution in [0.4, 0.5) is 5.69 Å². The van der Waals surface area contributed by atoms with Crippen LogP contribution in [0, 0.1) is 13.8 Å². The normalized spacial score (nSPS) is 10.9. The Labute approximate surface area is 178 Å². The van der Waals surface area contributed by atoms with E-state index in [1.807, 2.05) is 42.5 Å². The monoisotopic (exact) mass is 421 g/mol. The van der Waals surface area contributed by atoms with Gasteiger partial charge in [-0.3, -0.25) is 14.3 Å². The quantitative estimate of drug-likeness (QED) is 0.543. The molecule has 1 N–H and O–H groups in total. The summed E-state index contributed by atoms with van der Waals surface area (Å²) in [6.07, 6.45) is 1.49. The Balaban J connectivity index is 1.67. The van der Waals surface area contributed by atoms with Gasteiger partial charge in [0.05, 0.1) is 34.5 Å². The van der Waals surface area contributed by atoms with E-state index in [1.165, 1.54) is 10.9 Å². The molecule has 0 fully saturated rings. The number of benzene rings is 2. The molecule has 0 aliphatic carbocycles. The summed E-state index contributed by atoms with van der Waals surface area (Å²) in [4.78, 5) is 26.0. The lowest BCUT2D eigenvalue weighted by atomic mass is 10.2. The average Bonchev–Trinajstić information content (AvgIpc) is 3.22. The molecule has 8 heteroatoms. The average molecular weight is 422 g/mol. The van der Waals surface area contributed by atoms with Crippen molar-refractivity contribution in [1.82, 2.24) is 19.1 Å². The smallest absolute Gasteiger partial charge is 0.295 e. The van der Waals surface area contributed by atoms with Gasteiger partial charge in [0.15, 0.2) is 0 Å². The van der Waals surface area contributed by atoms with Crippen LogP contribution >= 0.6 is 11.6 Å². The number of amides is 1. The zero-order valence-electron chi connectivity index (χ0n) is 16.8. The number of anilines is 1. The molecule has 152 valence electrons. The molecule has 0 unspecified atom stereocenters. The standard InChI is InChI=1S/C22H20ClN5O2/c1-14-19(13-24-27(14)17-11-9-16(23)10-12-17)21(29)25-20-15(2)26(3)28(22(20)30)18-7-5-4-6-8-18/h4-13H,1-3H3,(H,25,29). The molecule has 0 spiro atoms. The summed E-state index contributed by atoms with van der Waals surface area (Å²) in [7, 11) is 1.78. The van der Waals surface area contributed by atoms with Gasteiger partial charge in [0.25, 0.3) is 11.5 Å². The van der Waals surface area contributed by atoms with E-state index in [2.05, 4.69) is 10.4 Å². The Morgan fingerprint density at radius 2 is 1.63 bits per heavy atom. The molecule has 0 radical (unpaired) electrons. The van der Waals surface area contributed by atoms with Crippen molar-refractivity contribution in [3.8, 4) is 11.4 Å². The maximum absolute atomic E-state index is 13.0. The first kappa shape index (κ1) is 19.7. The number of aromatic nitrogens is 4. The molecule has 4 aromatic rings. The van der Waals surface area contributed by atoms with Gasteiger partial charge in [-0.15, -0.1) is 0 Å². The van der Waals surface area contributed by atoms with E-state index in [-0.39, 0.29) is 11.2 Å². The fourth-order valence-electron chi connectivity index (χ4n) is 3.37. The number of rotatable bonds is 4. The number of carbonyl (C=O) groups is 1. The van der Waals surface area contributed by atoms with Crippen molar-refractivity contribution < 1.29 is 4.79 Å². The summed E-state index contributed by atoms with van der Waals surface area (Å²) in [6.45, 7) is 3.59. The molecule has 4 rings (SSSR count). The summed E-state index contributed by atoms with van der Waals surface area (Å²) >= 11 is 5.95. The number of hydrogen-bond donors (Lipinski definition) is 1. The third-order valence-corrected chi connectivity index (χ3v) is 5.37. The number of nitrogens with zero attached hydrogens (tertiary/aromatic N) is 4. The van der Waals surface area contributed by atoms with E-state index >= 15 is 0 Å². The van der Waals surface area contributed by atoms with E-state index in [0.29, 0.717) is 22.0 Å².